The second kappa shape index (κ2) is 6.79. The molecule has 0 atom stereocenters. The van der Waals surface area contributed by atoms with Crippen molar-refractivity contribution >= 4 is 11.6 Å². The Kier molecular flexibility index (Phi) is 4.38. The van der Waals surface area contributed by atoms with Gasteiger partial charge in [0.25, 0.3) is 0 Å². The number of ether oxygens (including phenoxy) is 1. The molecule has 0 aliphatic rings. The van der Waals surface area contributed by atoms with Crippen molar-refractivity contribution in [2.75, 3.05) is 12.4 Å². The Labute approximate surface area is 134 Å². The van der Waals surface area contributed by atoms with Gasteiger partial charge < -0.3 is 15.0 Å². The Morgan fingerprint density at radius 2 is 2.09 bits per heavy atom. The number of aromatic nitrogens is 2. The monoisotopic (exact) mass is 307 g/mol. The van der Waals surface area contributed by atoms with Crippen molar-refractivity contribution in [2.45, 2.75) is 6.42 Å². The van der Waals surface area contributed by atoms with Crippen LogP contribution >= 0.6 is 0 Å². The van der Waals surface area contributed by atoms with Crippen LogP contribution in [0, 0.1) is 0 Å². The van der Waals surface area contributed by atoms with Crippen LogP contribution in [0.5, 0.6) is 5.75 Å². The molecule has 5 nitrogen and oxygen atoms in total. The van der Waals surface area contributed by atoms with Crippen LogP contribution in [-0.2, 0) is 11.2 Å². The maximum atomic E-state index is 12.3. The van der Waals surface area contributed by atoms with Crippen molar-refractivity contribution < 1.29 is 9.53 Å². The summed E-state index contributed by atoms with van der Waals surface area (Å²) < 4.78 is 5.27. The lowest BCUT2D eigenvalue weighted by Crippen LogP contribution is -2.14. The van der Waals surface area contributed by atoms with Gasteiger partial charge >= 0.3 is 0 Å². The normalized spacial score (nSPS) is 10.3. The van der Waals surface area contributed by atoms with Gasteiger partial charge in [0, 0.05) is 16.8 Å². The Morgan fingerprint density at radius 3 is 2.87 bits per heavy atom. The van der Waals surface area contributed by atoms with Gasteiger partial charge in [0.2, 0.25) is 5.91 Å². The molecule has 0 saturated heterocycles. The lowest BCUT2D eigenvalue weighted by atomic mass is 10.1. The fraction of sp³-hybridized carbons (Fsp3) is 0.111. The van der Waals surface area contributed by atoms with E-state index in [1.54, 1.807) is 19.6 Å². The van der Waals surface area contributed by atoms with Crippen molar-refractivity contribution in [1.82, 2.24) is 9.97 Å². The molecule has 2 aromatic carbocycles. The van der Waals surface area contributed by atoms with E-state index in [9.17, 15) is 4.79 Å². The van der Waals surface area contributed by atoms with Crippen molar-refractivity contribution in [2.24, 2.45) is 0 Å². The lowest BCUT2D eigenvalue weighted by molar-refractivity contribution is -0.115. The molecule has 0 saturated carbocycles. The van der Waals surface area contributed by atoms with Crippen LogP contribution < -0.4 is 10.1 Å². The van der Waals surface area contributed by atoms with E-state index in [2.05, 4.69) is 15.3 Å². The molecule has 0 fully saturated rings. The zero-order valence-electron chi connectivity index (χ0n) is 12.7. The molecule has 1 amide bonds. The summed E-state index contributed by atoms with van der Waals surface area (Å²) in [5, 5.41) is 2.92. The first-order valence-electron chi connectivity index (χ1n) is 7.27. The van der Waals surface area contributed by atoms with Crippen LogP contribution in [0.15, 0.2) is 61.1 Å². The van der Waals surface area contributed by atoms with Crippen LogP contribution in [0.25, 0.3) is 11.3 Å². The van der Waals surface area contributed by atoms with E-state index in [1.807, 2.05) is 48.5 Å². The molecule has 5 heteroatoms. The Hall–Kier alpha value is -3.08. The zero-order chi connectivity index (χ0) is 16.1. The number of methoxy groups -OCH3 is 1. The van der Waals surface area contributed by atoms with Gasteiger partial charge in [-0.2, -0.15) is 0 Å². The van der Waals surface area contributed by atoms with E-state index < -0.39 is 0 Å². The van der Waals surface area contributed by atoms with Crippen LogP contribution in [-0.4, -0.2) is 23.0 Å². The topological polar surface area (TPSA) is 67.0 Å². The minimum absolute atomic E-state index is 0.0868. The fourth-order valence-corrected chi connectivity index (χ4v) is 2.41. The second-order valence-corrected chi connectivity index (χ2v) is 5.08. The van der Waals surface area contributed by atoms with E-state index in [0.29, 0.717) is 5.75 Å². The highest BCUT2D eigenvalue weighted by Crippen LogP contribution is 2.21. The lowest BCUT2D eigenvalue weighted by Gasteiger charge is -2.09. The number of carbonyl (C=O) groups excluding carboxylic acids is 1. The van der Waals surface area contributed by atoms with Gasteiger partial charge in [-0.1, -0.05) is 30.3 Å². The standard InChI is InChI=1S/C18H17N3O2/c1-23-17-8-3-2-5-14(17)10-18(22)21-15-7-4-6-13(9-15)16-11-19-12-20-16/h2-9,11-12H,10H2,1H3,(H,19,20)(H,21,22). The Balaban J connectivity index is 1.72. The molecule has 0 aliphatic carbocycles. The molecule has 1 heterocycles. The summed E-state index contributed by atoms with van der Waals surface area (Å²) in [6, 6.07) is 15.1. The number of para-hydroxylation sites is 1. The third-order valence-corrected chi connectivity index (χ3v) is 3.50. The zero-order valence-corrected chi connectivity index (χ0v) is 12.7. The van der Waals surface area contributed by atoms with E-state index in [-0.39, 0.29) is 12.3 Å². The predicted octanol–water partition coefficient (Wildman–Crippen LogP) is 3.27. The number of H-pyrrole nitrogens is 1. The molecule has 2 N–H and O–H groups in total. The van der Waals surface area contributed by atoms with Gasteiger partial charge in [-0.15, -0.1) is 0 Å². The number of benzene rings is 2. The van der Waals surface area contributed by atoms with Crippen LogP contribution in [0.3, 0.4) is 0 Å². The molecule has 0 aliphatic heterocycles. The molecule has 0 bridgehead atoms. The summed E-state index contributed by atoms with van der Waals surface area (Å²) in [7, 11) is 1.60. The average Bonchev–Trinajstić information content (AvgIpc) is 3.10. The minimum atomic E-state index is -0.0868. The summed E-state index contributed by atoms with van der Waals surface area (Å²) in [5.41, 5.74) is 3.48. The largest absolute Gasteiger partial charge is 0.496 e. The molecular formula is C18H17N3O2. The highest BCUT2D eigenvalue weighted by molar-refractivity contribution is 5.93. The van der Waals surface area contributed by atoms with Crippen LogP contribution in [0.2, 0.25) is 0 Å². The number of hydrogen-bond donors (Lipinski definition) is 2. The number of anilines is 1. The number of rotatable bonds is 5. The summed E-state index contributed by atoms with van der Waals surface area (Å²) in [4.78, 5) is 19.3. The van der Waals surface area contributed by atoms with Gasteiger partial charge in [0.1, 0.15) is 5.75 Å². The maximum absolute atomic E-state index is 12.3. The van der Waals surface area contributed by atoms with Gasteiger partial charge in [0.15, 0.2) is 0 Å². The van der Waals surface area contributed by atoms with Crippen LogP contribution in [0.4, 0.5) is 5.69 Å². The first kappa shape index (κ1) is 14.8. The summed E-state index contributed by atoms with van der Waals surface area (Å²) >= 11 is 0. The van der Waals surface area contributed by atoms with Crippen LogP contribution in [0.1, 0.15) is 5.56 Å². The van der Waals surface area contributed by atoms with E-state index in [1.165, 1.54) is 0 Å². The highest BCUT2D eigenvalue weighted by atomic mass is 16.5. The van der Waals surface area contributed by atoms with Gasteiger partial charge in [-0.05, 0) is 18.2 Å². The quantitative estimate of drug-likeness (QED) is 0.760. The SMILES string of the molecule is COc1ccccc1CC(=O)Nc1cccc(-c2cnc[nH]2)c1. The van der Waals surface area contributed by atoms with Gasteiger partial charge in [-0.25, -0.2) is 4.98 Å². The number of imidazole rings is 1. The smallest absolute Gasteiger partial charge is 0.228 e. The molecule has 3 aromatic rings. The summed E-state index contributed by atoms with van der Waals surface area (Å²) in [6.07, 6.45) is 3.64. The number of nitrogens with one attached hydrogen (secondary N) is 2. The average molecular weight is 307 g/mol. The predicted molar refractivity (Wildman–Crippen MR) is 89.4 cm³/mol. The summed E-state index contributed by atoms with van der Waals surface area (Å²) in [6.45, 7) is 0. The fourth-order valence-electron chi connectivity index (χ4n) is 2.41. The molecule has 116 valence electrons. The minimum Gasteiger partial charge on any atom is -0.496 e. The third-order valence-electron chi connectivity index (χ3n) is 3.50. The number of aromatic amines is 1. The van der Waals surface area contributed by atoms with Crippen molar-refractivity contribution in [1.29, 1.82) is 0 Å². The number of amides is 1. The van der Waals surface area contributed by atoms with E-state index in [0.717, 1.165) is 22.5 Å². The van der Waals surface area contributed by atoms with Crippen molar-refractivity contribution in [3.63, 3.8) is 0 Å². The van der Waals surface area contributed by atoms with Gasteiger partial charge in [0.05, 0.1) is 31.7 Å². The first-order chi connectivity index (χ1) is 11.3. The molecule has 0 spiro atoms. The summed E-state index contributed by atoms with van der Waals surface area (Å²) in [5.74, 6) is 0.630. The van der Waals surface area contributed by atoms with E-state index in [4.69, 9.17) is 4.74 Å². The molecule has 0 unspecified atom stereocenters. The molecule has 0 radical (unpaired) electrons. The second-order valence-electron chi connectivity index (χ2n) is 5.08. The van der Waals surface area contributed by atoms with Crippen molar-refractivity contribution in [3.8, 4) is 17.0 Å². The highest BCUT2D eigenvalue weighted by Gasteiger charge is 2.09. The molecule has 1 aromatic heterocycles. The Bertz CT molecular complexity index is 798. The first-order valence-corrected chi connectivity index (χ1v) is 7.27. The van der Waals surface area contributed by atoms with E-state index >= 15 is 0 Å². The maximum Gasteiger partial charge on any atom is 0.228 e. The molecule has 23 heavy (non-hydrogen) atoms. The third kappa shape index (κ3) is 3.58. The van der Waals surface area contributed by atoms with Gasteiger partial charge in [-0.3, -0.25) is 4.79 Å². The molecular weight excluding hydrogens is 290 g/mol. The number of nitrogens with zero attached hydrogens (tertiary/aromatic N) is 1. The Morgan fingerprint density at radius 1 is 1.22 bits per heavy atom. The molecule has 3 rings (SSSR count). The number of carbonyl (C=O) groups is 1. The van der Waals surface area contributed by atoms with Crippen molar-refractivity contribution in [3.05, 3.63) is 66.6 Å². The number of hydrogen-bond acceptors (Lipinski definition) is 3.